The van der Waals surface area contributed by atoms with Gasteiger partial charge in [-0.1, -0.05) is 97.2 Å². The van der Waals surface area contributed by atoms with Crippen LogP contribution in [0.25, 0.3) is 6.08 Å². The van der Waals surface area contributed by atoms with Gasteiger partial charge in [0, 0.05) is 5.70 Å². The predicted molar refractivity (Wildman–Crippen MR) is 183 cm³/mol. The summed E-state index contributed by atoms with van der Waals surface area (Å²) < 4.78 is 5.83. The minimum Gasteiger partial charge on any atom is -0.503 e. The normalized spacial score (nSPS) is 14.7. The van der Waals surface area contributed by atoms with Crippen molar-refractivity contribution in [1.29, 1.82) is 0 Å². The second kappa shape index (κ2) is 15.9. The van der Waals surface area contributed by atoms with Crippen LogP contribution in [0.2, 0.25) is 0 Å². The molecule has 4 rings (SSSR count). The molecule has 0 spiro atoms. The third-order valence-electron chi connectivity index (χ3n) is 6.57. The lowest BCUT2D eigenvalue weighted by Crippen LogP contribution is -2.42. The van der Waals surface area contributed by atoms with E-state index in [1.54, 1.807) is 44.2 Å². The highest BCUT2D eigenvalue weighted by Gasteiger charge is 2.35. The Balaban J connectivity index is 1.64. The number of carbonyl (C=O) groups excluding carboxylic acids is 3. The smallest absolute Gasteiger partial charge is 0.285 e. The van der Waals surface area contributed by atoms with Crippen molar-refractivity contribution in [1.82, 2.24) is 10.2 Å². The highest BCUT2D eigenvalue weighted by molar-refractivity contribution is 9.10. The summed E-state index contributed by atoms with van der Waals surface area (Å²) in [5.74, 6) is -1.67. The Morgan fingerprint density at radius 2 is 1.76 bits per heavy atom. The van der Waals surface area contributed by atoms with Gasteiger partial charge in [0.2, 0.25) is 5.91 Å². The Labute approximate surface area is 275 Å². The van der Waals surface area contributed by atoms with Gasteiger partial charge in [0.25, 0.3) is 11.8 Å². The topological polar surface area (TPSA) is 108 Å². The van der Waals surface area contributed by atoms with E-state index < -0.39 is 17.9 Å². The molecule has 1 heterocycles. The second-order valence-corrected chi connectivity index (χ2v) is 11.4. The second-order valence-electron chi connectivity index (χ2n) is 9.60. The summed E-state index contributed by atoms with van der Waals surface area (Å²) in [6.07, 6.45) is 7.99. The lowest BCUT2D eigenvalue weighted by Gasteiger charge is -2.28. The fraction of sp³-hybridized carbons (Fsp3) is 0.143. The van der Waals surface area contributed by atoms with Gasteiger partial charge in [-0.25, -0.2) is 0 Å². The minimum absolute atomic E-state index is 0.0666. The molecule has 1 aliphatic rings. The molecule has 0 unspecified atom stereocenters. The lowest BCUT2D eigenvalue weighted by atomic mass is 9.99. The third kappa shape index (κ3) is 8.29. The summed E-state index contributed by atoms with van der Waals surface area (Å²) in [7, 11) is 0. The first-order chi connectivity index (χ1) is 21.8. The molecule has 0 fully saturated rings. The van der Waals surface area contributed by atoms with Crippen LogP contribution in [0.1, 0.15) is 36.6 Å². The number of nitrogens with one attached hydrogen (secondary N) is 1. The molecule has 1 aliphatic heterocycles. The molecule has 10 heteroatoms. The van der Waals surface area contributed by atoms with E-state index in [9.17, 15) is 19.5 Å². The number of ether oxygens (including phenoxy) is 1. The number of amidine groups is 1. The zero-order valence-electron chi connectivity index (χ0n) is 24.8. The number of hydrogen-bond donors (Lipinski definition) is 2. The number of aromatic hydroxyl groups is 1. The van der Waals surface area contributed by atoms with Gasteiger partial charge >= 0.3 is 0 Å². The van der Waals surface area contributed by atoms with Crippen LogP contribution >= 0.6 is 27.7 Å². The predicted octanol–water partition coefficient (Wildman–Crippen LogP) is 6.95. The molecule has 0 radical (unpaired) electrons. The zero-order valence-corrected chi connectivity index (χ0v) is 27.2. The van der Waals surface area contributed by atoms with E-state index in [1.807, 2.05) is 60.7 Å². The fourth-order valence-electron chi connectivity index (χ4n) is 4.50. The molecule has 2 N–H and O–H groups in total. The van der Waals surface area contributed by atoms with Crippen LogP contribution in [0, 0.1) is 0 Å². The highest BCUT2D eigenvalue weighted by atomic mass is 79.9. The summed E-state index contributed by atoms with van der Waals surface area (Å²) in [5, 5.41) is 13.4. The number of aliphatic imine (C=N–C) groups is 1. The van der Waals surface area contributed by atoms with Crippen LogP contribution < -0.4 is 10.1 Å². The van der Waals surface area contributed by atoms with Crippen molar-refractivity contribution in [2.75, 3.05) is 12.4 Å². The lowest BCUT2D eigenvalue weighted by molar-refractivity contribution is -0.126. The molecule has 3 aromatic rings. The maximum absolute atomic E-state index is 13.9. The molecule has 230 valence electrons. The van der Waals surface area contributed by atoms with Crippen molar-refractivity contribution in [3.63, 3.8) is 0 Å². The van der Waals surface area contributed by atoms with Gasteiger partial charge in [-0.2, -0.15) is 4.99 Å². The van der Waals surface area contributed by atoms with Gasteiger partial charge in [0.05, 0.1) is 22.9 Å². The fourth-order valence-corrected chi connectivity index (χ4v) is 5.77. The Morgan fingerprint density at radius 1 is 1.11 bits per heavy atom. The molecule has 8 nitrogen and oxygen atoms in total. The number of allylic oxidation sites excluding steroid dienone is 4. The quantitative estimate of drug-likeness (QED) is 0.129. The van der Waals surface area contributed by atoms with Crippen molar-refractivity contribution in [2.24, 2.45) is 4.99 Å². The van der Waals surface area contributed by atoms with Crippen LogP contribution in [0.15, 0.2) is 124 Å². The van der Waals surface area contributed by atoms with Gasteiger partial charge in [-0.3, -0.25) is 19.3 Å². The maximum Gasteiger partial charge on any atom is 0.285 e. The van der Waals surface area contributed by atoms with Crippen LogP contribution in [0.5, 0.6) is 11.5 Å². The molecular weight excluding hydrogens is 654 g/mol. The molecule has 0 saturated heterocycles. The molecule has 0 aromatic heterocycles. The SMILES string of the molecule is C=C/C=C\C(=C/C)N1C(=O)/C(=C/c2cc(Br)c(O)c(OCC)c2)C(=O)N=C1SCC(=O)NC(c1ccccc1)c1ccccc1. The number of thioether (sulfide) groups is 1. The molecule has 0 atom stereocenters. The Bertz CT molecular complexity index is 1660. The van der Waals surface area contributed by atoms with Crippen LogP contribution in [-0.2, 0) is 14.4 Å². The number of nitrogens with zero attached hydrogens (tertiary/aromatic N) is 2. The van der Waals surface area contributed by atoms with Gasteiger partial charge in [-0.15, -0.1) is 0 Å². The van der Waals surface area contributed by atoms with Crippen LogP contribution in [-0.4, -0.2) is 45.3 Å². The summed E-state index contributed by atoms with van der Waals surface area (Å²) in [5.41, 5.74) is 2.53. The highest BCUT2D eigenvalue weighted by Crippen LogP contribution is 2.37. The first kappa shape index (κ1) is 33.2. The van der Waals surface area contributed by atoms with Crippen LogP contribution in [0.3, 0.4) is 0 Å². The first-order valence-corrected chi connectivity index (χ1v) is 15.9. The summed E-state index contributed by atoms with van der Waals surface area (Å²) in [6.45, 7) is 7.53. The average Bonchev–Trinajstić information content (AvgIpc) is 3.05. The molecule has 45 heavy (non-hydrogen) atoms. The standard InChI is InChI=1S/C35H32BrN3O5S/c1-4-7-18-26(5-2)39-34(43)27(19-23-20-28(36)32(41)29(21-23)44-6-3)33(42)38-35(39)45-22-30(40)37-31(24-14-10-8-11-15-24)25-16-12-9-13-17-25/h4-5,7-21,31,41H,1,6,22H2,2-3H3,(H,37,40)/b18-7-,26-5+,27-19+. The van der Waals surface area contributed by atoms with Gasteiger partial charge in [0.15, 0.2) is 16.7 Å². The summed E-state index contributed by atoms with van der Waals surface area (Å²) in [6, 6.07) is 21.9. The van der Waals surface area contributed by atoms with Crippen molar-refractivity contribution in [3.05, 3.63) is 136 Å². The Morgan fingerprint density at radius 3 is 2.33 bits per heavy atom. The van der Waals surface area contributed by atoms with Gasteiger partial charge < -0.3 is 15.2 Å². The van der Waals surface area contributed by atoms with E-state index >= 15 is 0 Å². The first-order valence-electron chi connectivity index (χ1n) is 14.1. The number of halogens is 1. The van der Waals surface area contributed by atoms with Crippen molar-refractivity contribution >= 4 is 56.7 Å². The van der Waals surface area contributed by atoms with Gasteiger partial charge in [0.1, 0.15) is 5.57 Å². The number of benzene rings is 3. The Hall–Kier alpha value is -4.67. The van der Waals surface area contributed by atoms with Crippen LogP contribution in [0.4, 0.5) is 0 Å². The minimum atomic E-state index is -0.754. The summed E-state index contributed by atoms with van der Waals surface area (Å²) >= 11 is 4.28. The molecule has 0 bridgehead atoms. The molecule has 3 aromatic carbocycles. The van der Waals surface area contributed by atoms with E-state index in [4.69, 9.17) is 4.74 Å². The zero-order chi connectivity index (χ0) is 32.3. The number of phenols is 1. The largest absolute Gasteiger partial charge is 0.503 e. The van der Waals surface area contributed by atoms with E-state index in [0.717, 1.165) is 22.9 Å². The number of rotatable bonds is 11. The van der Waals surface area contributed by atoms with Crippen molar-refractivity contribution in [2.45, 2.75) is 19.9 Å². The van der Waals surface area contributed by atoms with Crippen molar-refractivity contribution < 1.29 is 24.2 Å². The Kier molecular flexibility index (Phi) is 11.7. The number of amides is 3. The third-order valence-corrected chi connectivity index (χ3v) is 8.12. The molecule has 0 saturated carbocycles. The number of phenolic OH excluding ortho intramolecular Hbond substituents is 1. The van der Waals surface area contributed by atoms with E-state index in [1.165, 1.54) is 17.0 Å². The van der Waals surface area contributed by atoms with Gasteiger partial charge in [-0.05, 0) is 70.8 Å². The van der Waals surface area contributed by atoms with E-state index in [-0.39, 0.29) is 33.9 Å². The molecule has 0 aliphatic carbocycles. The average molecular weight is 687 g/mol. The molecular formula is C35H32BrN3O5S. The maximum atomic E-state index is 13.9. The van der Waals surface area contributed by atoms with E-state index in [0.29, 0.717) is 22.3 Å². The number of carbonyl (C=O) groups is 3. The molecule has 3 amide bonds. The van der Waals surface area contributed by atoms with Crippen molar-refractivity contribution in [3.8, 4) is 11.5 Å². The monoisotopic (exact) mass is 685 g/mol. The summed E-state index contributed by atoms with van der Waals surface area (Å²) in [4.78, 5) is 46.0. The number of hydrogen-bond acceptors (Lipinski definition) is 6. The van der Waals surface area contributed by atoms with E-state index in [2.05, 4.69) is 32.8 Å².